The van der Waals surface area contributed by atoms with Crippen molar-refractivity contribution in [2.24, 2.45) is 0 Å². The van der Waals surface area contributed by atoms with Gasteiger partial charge in [0.15, 0.2) is 5.69 Å². The average Bonchev–Trinajstić information content (AvgIpc) is 3.12. The third-order valence-corrected chi connectivity index (χ3v) is 2.94. The molecule has 2 heterocycles. The number of nitrogens with zero attached hydrogens (tertiary/aromatic N) is 7. The smallest absolute Gasteiger partial charge is 0.243 e. The first-order valence-corrected chi connectivity index (χ1v) is 6.53. The lowest BCUT2D eigenvalue weighted by Gasteiger charge is -2.04. The SMILES string of the molecule is CCCCCCc1c(C#N)nnn1C(=O)n1ccnn1. The minimum Gasteiger partial charge on any atom is -0.243 e. The molecule has 0 aliphatic carbocycles. The maximum absolute atomic E-state index is 12.2. The van der Waals surface area contributed by atoms with E-state index in [4.69, 9.17) is 5.26 Å². The van der Waals surface area contributed by atoms with E-state index in [1.807, 2.05) is 6.07 Å². The maximum atomic E-state index is 12.2. The van der Waals surface area contributed by atoms with Crippen molar-refractivity contribution in [1.82, 2.24) is 30.0 Å². The highest BCUT2D eigenvalue weighted by Gasteiger charge is 2.19. The lowest BCUT2D eigenvalue weighted by molar-refractivity contribution is 0.236. The summed E-state index contributed by atoms with van der Waals surface area (Å²) in [5.74, 6) is 0. The second kappa shape index (κ2) is 6.56. The first-order chi connectivity index (χ1) is 9.77. The van der Waals surface area contributed by atoms with Gasteiger partial charge in [0.05, 0.1) is 18.1 Å². The Morgan fingerprint density at radius 2 is 2.20 bits per heavy atom. The Morgan fingerprint density at radius 3 is 2.85 bits per heavy atom. The van der Waals surface area contributed by atoms with Gasteiger partial charge < -0.3 is 0 Å². The molecule has 0 atom stereocenters. The van der Waals surface area contributed by atoms with Crippen molar-refractivity contribution in [3.8, 4) is 6.07 Å². The van der Waals surface area contributed by atoms with Crippen molar-refractivity contribution in [2.45, 2.75) is 39.0 Å². The lowest BCUT2D eigenvalue weighted by atomic mass is 10.1. The molecular formula is C12H15N7O. The van der Waals surface area contributed by atoms with Crippen molar-refractivity contribution >= 4 is 6.03 Å². The van der Waals surface area contributed by atoms with E-state index >= 15 is 0 Å². The molecule has 0 aromatic carbocycles. The fraction of sp³-hybridized carbons (Fsp3) is 0.500. The highest BCUT2D eigenvalue weighted by molar-refractivity contribution is 5.78. The van der Waals surface area contributed by atoms with Gasteiger partial charge in [-0.05, 0) is 12.8 Å². The molecule has 0 aliphatic heterocycles. The molecule has 2 aromatic heterocycles. The number of carbonyl (C=O) groups excluding carboxylic acids is 1. The van der Waals surface area contributed by atoms with Gasteiger partial charge >= 0.3 is 6.03 Å². The van der Waals surface area contributed by atoms with Gasteiger partial charge in [0.25, 0.3) is 0 Å². The monoisotopic (exact) mass is 273 g/mol. The van der Waals surface area contributed by atoms with E-state index in [9.17, 15) is 4.79 Å². The fourth-order valence-electron chi connectivity index (χ4n) is 1.89. The van der Waals surface area contributed by atoms with E-state index in [-0.39, 0.29) is 5.69 Å². The Morgan fingerprint density at radius 1 is 1.35 bits per heavy atom. The summed E-state index contributed by atoms with van der Waals surface area (Å²) in [5.41, 5.74) is 0.721. The van der Waals surface area contributed by atoms with E-state index in [2.05, 4.69) is 27.5 Å². The van der Waals surface area contributed by atoms with Gasteiger partial charge in [-0.3, -0.25) is 0 Å². The van der Waals surface area contributed by atoms with Crippen LogP contribution in [0.2, 0.25) is 0 Å². The zero-order valence-corrected chi connectivity index (χ0v) is 11.2. The molecule has 0 radical (unpaired) electrons. The number of rotatable bonds is 5. The van der Waals surface area contributed by atoms with Crippen LogP contribution >= 0.6 is 0 Å². The van der Waals surface area contributed by atoms with Crippen molar-refractivity contribution in [1.29, 1.82) is 5.26 Å². The highest BCUT2D eigenvalue weighted by Crippen LogP contribution is 2.11. The molecule has 8 heteroatoms. The average molecular weight is 273 g/mol. The summed E-state index contributed by atoms with van der Waals surface area (Å²) in [6, 6.07) is 1.48. The maximum Gasteiger partial charge on any atom is 0.372 e. The minimum absolute atomic E-state index is 0.190. The predicted molar refractivity (Wildman–Crippen MR) is 68.8 cm³/mol. The molecule has 2 aromatic rings. The first kappa shape index (κ1) is 13.9. The van der Waals surface area contributed by atoms with Crippen LogP contribution in [-0.2, 0) is 6.42 Å². The third kappa shape index (κ3) is 2.88. The number of hydrogen-bond acceptors (Lipinski definition) is 6. The molecule has 8 nitrogen and oxygen atoms in total. The highest BCUT2D eigenvalue weighted by atomic mass is 16.2. The summed E-state index contributed by atoms with van der Waals surface area (Å²) in [6.07, 6.45) is 7.61. The molecule has 0 aliphatic rings. The molecule has 0 unspecified atom stereocenters. The van der Waals surface area contributed by atoms with Gasteiger partial charge in [-0.25, -0.2) is 4.79 Å². The van der Waals surface area contributed by atoms with E-state index in [1.54, 1.807) is 0 Å². The van der Waals surface area contributed by atoms with E-state index < -0.39 is 6.03 Å². The summed E-state index contributed by atoms with van der Waals surface area (Å²) in [4.78, 5) is 12.2. The Hall–Kier alpha value is -2.56. The number of aromatic nitrogens is 6. The minimum atomic E-state index is -0.484. The largest absolute Gasteiger partial charge is 0.372 e. The van der Waals surface area contributed by atoms with Crippen LogP contribution in [-0.4, -0.2) is 36.0 Å². The van der Waals surface area contributed by atoms with Crippen LogP contribution in [0.3, 0.4) is 0 Å². The number of hydrogen-bond donors (Lipinski definition) is 0. The van der Waals surface area contributed by atoms with Gasteiger partial charge in [0, 0.05) is 0 Å². The zero-order valence-electron chi connectivity index (χ0n) is 11.2. The lowest BCUT2D eigenvalue weighted by Crippen LogP contribution is -2.23. The van der Waals surface area contributed by atoms with Gasteiger partial charge in [-0.1, -0.05) is 36.6 Å². The number of nitriles is 1. The van der Waals surface area contributed by atoms with Crippen molar-refractivity contribution in [2.75, 3.05) is 0 Å². The molecule has 0 amide bonds. The third-order valence-electron chi connectivity index (χ3n) is 2.94. The number of carbonyl (C=O) groups is 1. The predicted octanol–water partition coefficient (Wildman–Crippen LogP) is 1.38. The van der Waals surface area contributed by atoms with Crippen LogP contribution < -0.4 is 0 Å². The Bertz CT molecular complexity index is 608. The standard InChI is InChI=1S/C12H15N7O/c1-2-3-4-5-6-11-10(9-13)15-17-19(11)12(20)18-8-7-14-16-18/h7-8H,2-6H2,1H3. The second-order valence-electron chi connectivity index (χ2n) is 4.35. The Balaban J connectivity index is 2.19. The van der Waals surface area contributed by atoms with Crippen LogP contribution in [0.15, 0.2) is 12.4 Å². The summed E-state index contributed by atoms with van der Waals surface area (Å²) >= 11 is 0. The van der Waals surface area contributed by atoms with Gasteiger partial charge in [0.1, 0.15) is 6.07 Å². The molecular weight excluding hydrogens is 258 g/mol. The normalized spacial score (nSPS) is 10.4. The van der Waals surface area contributed by atoms with E-state index in [0.717, 1.165) is 35.0 Å². The van der Waals surface area contributed by atoms with Crippen molar-refractivity contribution < 1.29 is 4.79 Å². The number of unbranched alkanes of at least 4 members (excludes halogenated alkanes) is 3. The summed E-state index contributed by atoms with van der Waals surface area (Å²) < 4.78 is 2.19. The topological polar surface area (TPSA) is 102 Å². The molecule has 0 N–H and O–H groups in total. The quantitative estimate of drug-likeness (QED) is 0.762. The van der Waals surface area contributed by atoms with Crippen LogP contribution in [0.1, 0.15) is 44.0 Å². The van der Waals surface area contributed by atoms with E-state index in [1.165, 1.54) is 12.4 Å². The first-order valence-electron chi connectivity index (χ1n) is 6.53. The molecule has 104 valence electrons. The van der Waals surface area contributed by atoms with Crippen LogP contribution in [0.5, 0.6) is 0 Å². The van der Waals surface area contributed by atoms with Crippen LogP contribution in [0, 0.1) is 11.3 Å². The van der Waals surface area contributed by atoms with Crippen molar-refractivity contribution in [3.63, 3.8) is 0 Å². The summed E-state index contributed by atoms with van der Waals surface area (Å²) in [7, 11) is 0. The van der Waals surface area contributed by atoms with Crippen molar-refractivity contribution in [3.05, 3.63) is 23.8 Å². The zero-order chi connectivity index (χ0) is 14.4. The molecule has 20 heavy (non-hydrogen) atoms. The molecule has 0 saturated carbocycles. The summed E-state index contributed by atoms with van der Waals surface area (Å²) in [5, 5.41) is 23.7. The second-order valence-corrected chi connectivity index (χ2v) is 4.35. The Kier molecular flexibility index (Phi) is 4.55. The molecule has 0 saturated heterocycles. The van der Waals surface area contributed by atoms with Gasteiger partial charge in [0.2, 0.25) is 0 Å². The van der Waals surface area contributed by atoms with Gasteiger partial charge in [-0.15, -0.1) is 10.2 Å². The van der Waals surface area contributed by atoms with Crippen LogP contribution in [0.4, 0.5) is 4.79 Å². The Labute approximate surface area is 116 Å². The molecule has 0 bridgehead atoms. The fourth-order valence-corrected chi connectivity index (χ4v) is 1.89. The molecule has 0 spiro atoms. The molecule has 2 rings (SSSR count). The van der Waals surface area contributed by atoms with E-state index in [0.29, 0.717) is 12.1 Å². The van der Waals surface area contributed by atoms with Gasteiger partial charge in [-0.2, -0.15) is 14.6 Å². The van der Waals surface area contributed by atoms with Crippen LogP contribution in [0.25, 0.3) is 0 Å². The summed E-state index contributed by atoms with van der Waals surface area (Å²) in [6.45, 7) is 2.13. The molecule has 0 fully saturated rings.